The summed E-state index contributed by atoms with van der Waals surface area (Å²) >= 11 is 3.32. The van der Waals surface area contributed by atoms with Gasteiger partial charge in [0.15, 0.2) is 0 Å². The molecule has 3 heteroatoms. The average molecular weight is 240 g/mol. The molecule has 0 atom stereocenters. The number of carbonyl (C=O) groups is 1. The zero-order valence-electron chi connectivity index (χ0n) is 7.33. The average Bonchev–Trinajstić information content (AvgIpc) is 2.09. The van der Waals surface area contributed by atoms with E-state index in [0.717, 1.165) is 10.2 Å². The third-order valence-corrected chi connectivity index (χ3v) is 2.16. The van der Waals surface area contributed by atoms with Crippen LogP contribution < -0.4 is 4.90 Å². The lowest BCUT2D eigenvalue weighted by molar-refractivity contribution is -0.115. The third kappa shape index (κ3) is 2.42. The van der Waals surface area contributed by atoms with Gasteiger partial charge in [-0.1, -0.05) is 22.5 Å². The van der Waals surface area contributed by atoms with Crippen molar-refractivity contribution in [2.75, 3.05) is 4.90 Å². The van der Waals surface area contributed by atoms with Crippen LogP contribution in [0.15, 0.2) is 41.5 Å². The molecule has 13 heavy (non-hydrogen) atoms. The van der Waals surface area contributed by atoms with Crippen LogP contribution in [-0.2, 0) is 4.79 Å². The van der Waals surface area contributed by atoms with Crippen molar-refractivity contribution in [3.05, 3.63) is 41.5 Å². The Morgan fingerprint density at radius 2 is 2.00 bits per heavy atom. The van der Waals surface area contributed by atoms with Crippen molar-refractivity contribution in [3.63, 3.8) is 0 Å². The maximum absolute atomic E-state index is 11.1. The molecule has 0 unspecified atom stereocenters. The summed E-state index contributed by atoms with van der Waals surface area (Å²) in [4.78, 5) is 12.6. The van der Waals surface area contributed by atoms with Crippen molar-refractivity contribution in [3.8, 4) is 0 Å². The molecule has 0 N–H and O–H groups in total. The molecule has 0 heterocycles. The fourth-order valence-electron chi connectivity index (χ4n) is 1.02. The standard InChI is InChI=1S/C10H10BrNO/c1-3-12(8(2)13)10-6-4-9(11)5-7-10/h3-7H,1H2,2H3. The van der Waals surface area contributed by atoms with E-state index in [2.05, 4.69) is 22.5 Å². The van der Waals surface area contributed by atoms with E-state index in [1.165, 1.54) is 18.0 Å². The second kappa shape index (κ2) is 4.23. The Hall–Kier alpha value is -1.09. The normalized spacial score (nSPS) is 9.38. The van der Waals surface area contributed by atoms with Crippen LogP contribution in [0.4, 0.5) is 5.69 Å². The Morgan fingerprint density at radius 3 is 2.38 bits per heavy atom. The second-order valence-corrected chi connectivity index (χ2v) is 3.46. The Kier molecular flexibility index (Phi) is 3.25. The number of amides is 1. The molecular formula is C10H10BrNO. The summed E-state index contributed by atoms with van der Waals surface area (Å²) in [6, 6.07) is 7.48. The zero-order chi connectivity index (χ0) is 9.84. The molecule has 68 valence electrons. The molecule has 1 aromatic carbocycles. The lowest BCUT2D eigenvalue weighted by Gasteiger charge is -2.15. The first-order chi connectivity index (χ1) is 6.15. The van der Waals surface area contributed by atoms with Gasteiger partial charge in [0.25, 0.3) is 0 Å². The van der Waals surface area contributed by atoms with Crippen LogP contribution >= 0.6 is 15.9 Å². The van der Waals surface area contributed by atoms with Crippen LogP contribution in [0, 0.1) is 0 Å². The number of nitrogens with zero attached hydrogens (tertiary/aromatic N) is 1. The Balaban J connectivity index is 2.99. The molecule has 0 saturated heterocycles. The molecule has 0 aliphatic rings. The summed E-state index contributed by atoms with van der Waals surface area (Å²) in [6.45, 7) is 5.08. The van der Waals surface area contributed by atoms with Gasteiger partial charge in [-0.15, -0.1) is 0 Å². The van der Waals surface area contributed by atoms with Gasteiger partial charge in [-0.25, -0.2) is 0 Å². The molecule has 1 aromatic rings. The van der Waals surface area contributed by atoms with Gasteiger partial charge in [0.05, 0.1) is 0 Å². The minimum absolute atomic E-state index is 0.0441. The van der Waals surface area contributed by atoms with Gasteiger partial charge in [0.2, 0.25) is 5.91 Å². The Morgan fingerprint density at radius 1 is 1.46 bits per heavy atom. The number of hydrogen-bond donors (Lipinski definition) is 0. The number of rotatable bonds is 2. The first-order valence-corrected chi connectivity index (χ1v) is 4.62. The first kappa shape index (κ1) is 9.99. The molecule has 0 aromatic heterocycles. The Labute approximate surface area is 86.0 Å². The molecule has 1 amide bonds. The highest BCUT2D eigenvalue weighted by molar-refractivity contribution is 9.10. The molecule has 0 saturated carbocycles. The molecule has 1 rings (SSSR count). The lowest BCUT2D eigenvalue weighted by atomic mass is 10.3. The van der Waals surface area contributed by atoms with Gasteiger partial charge in [-0.3, -0.25) is 9.69 Å². The molecule has 0 aliphatic carbocycles. The number of benzene rings is 1. The number of carbonyl (C=O) groups excluding carboxylic acids is 1. The quantitative estimate of drug-likeness (QED) is 0.778. The van der Waals surface area contributed by atoms with Gasteiger partial charge in [0, 0.05) is 23.3 Å². The zero-order valence-corrected chi connectivity index (χ0v) is 8.91. The largest absolute Gasteiger partial charge is 0.289 e. The van der Waals surface area contributed by atoms with Gasteiger partial charge in [-0.05, 0) is 24.3 Å². The van der Waals surface area contributed by atoms with Crippen molar-refractivity contribution < 1.29 is 4.79 Å². The molecule has 0 fully saturated rings. The molecule has 0 spiro atoms. The summed E-state index contributed by atoms with van der Waals surface area (Å²) in [5, 5.41) is 0. The van der Waals surface area contributed by atoms with E-state index in [-0.39, 0.29) is 5.91 Å². The highest BCUT2D eigenvalue weighted by Crippen LogP contribution is 2.18. The van der Waals surface area contributed by atoms with Crippen LogP contribution in [-0.4, -0.2) is 5.91 Å². The lowest BCUT2D eigenvalue weighted by Crippen LogP contribution is -2.21. The molecule has 2 nitrogen and oxygen atoms in total. The van der Waals surface area contributed by atoms with Crippen molar-refractivity contribution in [1.82, 2.24) is 0 Å². The fraction of sp³-hybridized carbons (Fsp3) is 0.100. The van der Waals surface area contributed by atoms with E-state index in [0.29, 0.717) is 0 Å². The SMILES string of the molecule is C=CN(C(C)=O)c1ccc(Br)cc1. The predicted octanol–water partition coefficient (Wildman–Crippen LogP) is 2.95. The van der Waals surface area contributed by atoms with E-state index >= 15 is 0 Å². The smallest absolute Gasteiger partial charge is 0.227 e. The van der Waals surface area contributed by atoms with Gasteiger partial charge >= 0.3 is 0 Å². The molecule has 0 aliphatic heterocycles. The highest BCUT2D eigenvalue weighted by Gasteiger charge is 2.05. The van der Waals surface area contributed by atoms with Gasteiger partial charge in [0.1, 0.15) is 0 Å². The predicted molar refractivity (Wildman–Crippen MR) is 57.5 cm³/mol. The minimum atomic E-state index is -0.0441. The monoisotopic (exact) mass is 239 g/mol. The minimum Gasteiger partial charge on any atom is -0.289 e. The van der Waals surface area contributed by atoms with E-state index < -0.39 is 0 Å². The van der Waals surface area contributed by atoms with Crippen molar-refractivity contribution in [1.29, 1.82) is 0 Å². The van der Waals surface area contributed by atoms with Gasteiger partial charge in [-0.2, -0.15) is 0 Å². The molecule has 0 radical (unpaired) electrons. The van der Waals surface area contributed by atoms with Crippen LogP contribution in [0.3, 0.4) is 0 Å². The Bertz CT molecular complexity index is 318. The topological polar surface area (TPSA) is 20.3 Å². The van der Waals surface area contributed by atoms with Crippen LogP contribution in [0.5, 0.6) is 0 Å². The maximum Gasteiger partial charge on any atom is 0.227 e. The van der Waals surface area contributed by atoms with E-state index in [4.69, 9.17) is 0 Å². The molecular weight excluding hydrogens is 230 g/mol. The fourth-order valence-corrected chi connectivity index (χ4v) is 1.28. The summed E-state index contributed by atoms with van der Waals surface area (Å²) < 4.78 is 0.990. The number of hydrogen-bond acceptors (Lipinski definition) is 1. The second-order valence-electron chi connectivity index (χ2n) is 2.55. The van der Waals surface area contributed by atoms with Crippen molar-refractivity contribution >= 4 is 27.5 Å². The van der Waals surface area contributed by atoms with Crippen LogP contribution in [0.1, 0.15) is 6.92 Å². The summed E-state index contributed by atoms with van der Waals surface area (Å²) in [5.41, 5.74) is 0.825. The molecule has 0 bridgehead atoms. The van der Waals surface area contributed by atoms with E-state index in [9.17, 15) is 4.79 Å². The number of halogens is 1. The maximum atomic E-state index is 11.1. The summed E-state index contributed by atoms with van der Waals surface area (Å²) in [5.74, 6) is -0.0441. The summed E-state index contributed by atoms with van der Waals surface area (Å²) in [7, 11) is 0. The van der Waals surface area contributed by atoms with Crippen LogP contribution in [0.25, 0.3) is 0 Å². The van der Waals surface area contributed by atoms with E-state index in [1.807, 2.05) is 24.3 Å². The first-order valence-electron chi connectivity index (χ1n) is 3.83. The number of anilines is 1. The van der Waals surface area contributed by atoms with Crippen molar-refractivity contribution in [2.45, 2.75) is 6.92 Å². The van der Waals surface area contributed by atoms with Crippen molar-refractivity contribution in [2.24, 2.45) is 0 Å². The van der Waals surface area contributed by atoms with Crippen LogP contribution in [0.2, 0.25) is 0 Å². The third-order valence-electron chi connectivity index (χ3n) is 1.63. The van der Waals surface area contributed by atoms with E-state index in [1.54, 1.807) is 0 Å². The highest BCUT2D eigenvalue weighted by atomic mass is 79.9. The summed E-state index contributed by atoms with van der Waals surface area (Å²) in [6.07, 6.45) is 1.51. The van der Waals surface area contributed by atoms with Gasteiger partial charge < -0.3 is 0 Å².